The maximum atomic E-state index is 13.2. The van der Waals surface area contributed by atoms with Gasteiger partial charge in [-0.05, 0) is 38.5 Å². The standard InChI is InChI=1S/C18H20FNO4S/c1-12-8-17(13(2)20(12)15-6-7-25(22,23)11-15)18(21)10-24-16-5-3-4-14(19)9-16/h3-5,8-9,15H,6-7,10-11H2,1-2H3/t15-/m0/s1. The highest BCUT2D eigenvalue weighted by Gasteiger charge is 2.31. The first-order chi connectivity index (χ1) is 11.8. The Morgan fingerprint density at radius 3 is 2.72 bits per heavy atom. The number of rotatable bonds is 5. The minimum absolute atomic E-state index is 0.108. The van der Waals surface area contributed by atoms with Gasteiger partial charge in [-0.1, -0.05) is 6.07 Å². The Morgan fingerprint density at radius 1 is 1.32 bits per heavy atom. The summed E-state index contributed by atoms with van der Waals surface area (Å²) in [6, 6.07) is 7.26. The van der Waals surface area contributed by atoms with Gasteiger partial charge in [-0.15, -0.1) is 0 Å². The van der Waals surface area contributed by atoms with Crippen LogP contribution < -0.4 is 4.74 Å². The van der Waals surface area contributed by atoms with Gasteiger partial charge in [-0.2, -0.15) is 0 Å². The summed E-state index contributed by atoms with van der Waals surface area (Å²) in [5.74, 6) is -0.0589. The molecule has 134 valence electrons. The summed E-state index contributed by atoms with van der Waals surface area (Å²) < 4.78 is 43.9. The van der Waals surface area contributed by atoms with Crippen LogP contribution in [0.15, 0.2) is 30.3 Å². The fourth-order valence-corrected chi connectivity index (χ4v) is 5.08. The van der Waals surface area contributed by atoms with E-state index in [1.165, 1.54) is 18.2 Å². The summed E-state index contributed by atoms with van der Waals surface area (Å²) in [5.41, 5.74) is 2.11. The minimum atomic E-state index is -3.00. The number of aromatic nitrogens is 1. The van der Waals surface area contributed by atoms with Crippen LogP contribution in [0.4, 0.5) is 4.39 Å². The number of ketones is 1. The molecule has 2 aromatic rings. The van der Waals surface area contributed by atoms with Crippen LogP contribution in [0.1, 0.15) is 34.2 Å². The Morgan fingerprint density at radius 2 is 2.08 bits per heavy atom. The molecule has 1 aliphatic heterocycles. The second-order valence-electron chi connectivity index (χ2n) is 6.38. The Hall–Kier alpha value is -2.15. The molecule has 0 spiro atoms. The predicted molar refractivity (Wildman–Crippen MR) is 92.4 cm³/mol. The number of carbonyl (C=O) groups excluding carboxylic acids is 1. The smallest absolute Gasteiger partial charge is 0.202 e. The molecule has 1 aliphatic rings. The van der Waals surface area contributed by atoms with Crippen LogP contribution in [-0.4, -0.2) is 36.9 Å². The third-order valence-corrected chi connectivity index (χ3v) is 6.27. The Kier molecular flexibility index (Phi) is 4.69. The predicted octanol–water partition coefficient (Wildman–Crippen LogP) is 2.87. The van der Waals surface area contributed by atoms with Crippen molar-refractivity contribution in [2.45, 2.75) is 26.3 Å². The van der Waals surface area contributed by atoms with Gasteiger partial charge in [0, 0.05) is 29.1 Å². The first kappa shape index (κ1) is 17.7. The van der Waals surface area contributed by atoms with Crippen molar-refractivity contribution in [2.24, 2.45) is 0 Å². The van der Waals surface area contributed by atoms with Crippen LogP contribution >= 0.6 is 0 Å². The summed E-state index contributed by atoms with van der Waals surface area (Å²) >= 11 is 0. The number of carbonyl (C=O) groups is 1. The van der Waals surface area contributed by atoms with Crippen molar-refractivity contribution in [3.05, 3.63) is 53.1 Å². The number of halogens is 1. The monoisotopic (exact) mass is 365 g/mol. The van der Waals surface area contributed by atoms with Crippen molar-refractivity contribution in [2.75, 3.05) is 18.1 Å². The second kappa shape index (κ2) is 6.63. The molecule has 1 atom stereocenters. The largest absolute Gasteiger partial charge is 0.485 e. The molecule has 0 aliphatic carbocycles. The highest BCUT2D eigenvalue weighted by atomic mass is 32.2. The molecule has 25 heavy (non-hydrogen) atoms. The average molecular weight is 365 g/mol. The zero-order chi connectivity index (χ0) is 18.2. The highest BCUT2D eigenvalue weighted by Crippen LogP contribution is 2.29. The van der Waals surface area contributed by atoms with E-state index in [1.807, 2.05) is 18.4 Å². The molecule has 0 N–H and O–H groups in total. The van der Waals surface area contributed by atoms with Crippen LogP contribution in [0.2, 0.25) is 0 Å². The number of sulfone groups is 1. The van der Waals surface area contributed by atoms with Crippen LogP contribution in [0.5, 0.6) is 5.75 Å². The first-order valence-corrected chi connectivity index (χ1v) is 9.89. The number of ether oxygens (including phenoxy) is 1. The Balaban J connectivity index is 1.76. The van der Waals surface area contributed by atoms with E-state index in [2.05, 4.69) is 0 Å². The molecule has 1 aromatic carbocycles. The topological polar surface area (TPSA) is 65.4 Å². The molecule has 0 bridgehead atoms. The van der Waals surface area contributed by atoms with E-state index < -0.39 is 15.7 Å². The maximum Gasteiger partial charge on any atom is 0.202 e. The lowest BCUT2D eigenvalue weighted by Crippen LogP contribution is -2.16. The number of aryl methyl sites for hydroxylation is 1. The van der Waals surface area contributed by atoms with Gasteiger partial charge in [-0.3, -0.25) is 4.79 Å². The van der Waals surface area contributed by atoms with Crippen molar-refractivity contribution >= 4 is 15.6 Å². The lowest BCUT2D eigenvalue weighted by Gasteiger charge is -2.16. The van der Waals surface area contributed by atoms with Crippen molar-refractivity contribution in [3.63, 3.8) is 0 Å². The third-order valence-electron chi connectivity index (χ3n) is 4.52. The molecule has 5 nitrogen and oxygen atoms in total. The summed E-state index contributed by atoms with van der Waals surface area (Å²) in [6.45, 7) is 3.48. The zero-order valence-electron chi connectivity index (χ0n) is 14.2. The molecular weight excluding hydrogens is 345 g/mol. The normalized spacial score (nSPS) is 19.1. The van der Waals surface area contributed by atoms with Gasteiger partial charge in [0.15, 0.2) is 16.4 Å². The molecule has 3 rings (SSSR count). The fraction of sp³-hybridized carbons (Fsp3) is 0.389. The van der Waals surface area contributed by atoms with Gasteiger partial charge in [0.2, 0.25) is 5.78 Å². The summed E-state index contributed by atoms with van der Waals surface area (Å²) in [6.07, 6.45) is 0.562. The maximum absolute atomic E-state index is 13.2. The lowest BCUT2D eigenvalue weighted by molar-refractivity contribution is 0.0920. The van der Waals surface area contributed by atoms with E-state index in [9.17, 15) is 17.6 Å². The van der Waals surface area contributed by atoms with Crippen molar-refractivity contribution in [3.8, 4) is 5.75 Å². The summed E-state index contributed by atoms with van der Waals surface area (Å²) in [7, 11) is -3.00. The van der Waals surface area contributed by atoms with Crippen molar-refractivity contribution in [1.82, 2.24) is 4.57 Å². The Labute approximate surface area is 146 Å². The molecule has 0 unspecified atom stereocenters. The van der Waals surface area contributed by atoms with E-state index in [1.54, 1.807) is 12.1 Å². The molecule has 1 saturated heterocycles. The Bertz CT molecular complexity index is 917. The van der Waals surface area contributed by atoms with E-state index in [0.717, 1.165) is 11.4 Å². The van der Waals surface area contributed by atoms with Crippen LogP contribution in [0.3, 0.4) is 0 Å². The van der Waals surface area contributed by atoms with Gasteiger partial charge in [0.05, 0.1) is 11.5 Å². The SMILES string of the molecule is Cc1cc(C(=O)COc2cccc(F)c2)c(C)n1[C@H]1CCS(=O)(=O)C1. The number of nitrogens with zero attached hydrogens (tertiary/aromatic N) is 1. The van der Waals surface area contributed by atoms with Crippen LogP contribution in [0.25, 0.3) is 0 Å². The van der Waals surface area contributed by atoms with Crippen molar-refractivity contribution in [1.29, 1.82) is 0 Å². The molecule has 0 saturated carbocycles. The van der Waals surface area contributed by atoms with Gasteiger partial charge in [0.25, 0.3) is 0 Å². The number of benzene rings is 1. The van der Waals surface area contributed by atoms with E-state index in [0.29, 0.717) is 17.7 Å². The minimum Gasteiger partial charge on any atom is -0.485 e. The highest BCUT2D eigenvalue weighted by molar-refractivity contribution is 7.91. The lowest BCUT2D eigenvalue weighted by atomic mass is 10.1. The molecule has 7 heteroatoms. The van der Waals surface area contributed by atoms with Gasteiger partial charge >= 0.3 is 0 Å². The van der Waals surface area contributed by atoms with Gasteiger partial charge in [0.1, 0.15) is 11.6 Å². The molecule has 1 fully saturated rings. The quantitative estimate of drug-likeness (QED) is 0.764. The van der Waals surface area contributed by atoms with Crippen molar-refractivity contribution < 1.29 is 22.3 Å². The molecule has 1 aromatic heterocycles. The first-order valence-electron chi connectivity index (χ1n) is 8.07. The zero-order valence-corrected chi connectivity index (χ0v) is 15.0. The van der Waals surface area contributed by atoms with Crippen LogP contribution in [0, 0.1) is 19.7 Å². The van der Waals surface area contributed by atoms with E-state index >= 15 is 0 Å². The molecule has 2 heterocycles. The van der Waals surface area contributed by atoms with E-state index in [-0.39, 0.29) is 29.9 Å². The molecule has 0 radical (unpaired) electrons. The second-order valence-corrected chi connectivity index (χ2v) is 8.61. The van der Waals surface area contributed by atoms with Gasteiger partial charge in [-0.25, -0.2) is 12.8 Å². The number of hydrogen-bond donors (Lipinski definition) is 0. The van der Waals surface area contributed by atoms with Crippen LogP contribution in [-0.2, 0) is 9.84 Å². The fourth-order valence-electron chi connectivity index (χ4n) is 3.38. The number of Topliss-reactive ketones (excluding diaryl/α,β-unsaturated/α-hetero) is 1. The number of hydrogen-bond acceptors (Lipinski definition) is 4. The molecule has 0 amide bonds. The molecular formula is C18H20FNO4S. The third kappa shape index (κ3) is 3.76. The average Bonchev–Trinajstić information content (AvgIpc) is 3.04. The summed E-state index contributed by atoms with van der Waals surface area (Å²) in [4.78, 5) is 12.5. The van der Waals surface area contributed by atoms with Gasteiger partial charge < -0.3 is 9.30 Å². The van der Waals surface area contributed by atoms with E-state index in [4.69, 9.17) is 4.74 Å². The summed E-state index contributed by atoms with van der Waals surface area (Å²) in [5, 5.41) is 0.